The maximum atomic E-state index is 5.07. The van der Waals surface area contributed by atoms with Gasteiger partial charge in [0.05, 0.1) is 16.7 Å². The largest absolute Gasteiger partial charge is 0.321 e. The molecule has 0 aliphatic heterocycles. The molecule has 4 aromatic rings. The third-order valence-corrected chi connectivity index (χ3v) is 6.34. The van der Waals surface area contributed by atoms with Crippen molar-refractivity contribution in [3.8, 4) is 0 Å². The van der Waals surface area contributed by atoms with Gasteiger partial charge in [0.15, 0.2) is 0 Å². The summed E-state index contributed by atoms with van der Waals surface area (Å²) in [5, 5.41) is 1.01. The van der Waals surface area contributed by atoms with Gasteiger partial charge in [-0.2, -0.15) is 0 Å². The van der Waals surface area contributed by atoms with Gasteiger partial charge in [0.2, 0.25) is 0 Å². The molecule has 1 fully saturated rings. The minimum Gasteiger partial charge on any atom is -0.321 e. The first kappa shape index (κ1) is 17.3. The van der Waals surface area contributed by atoms with Crippen molar-refractivity contribution in [2.45, 2.75) is 57.3 Å². The fourth-order valence-electron chi connectivity index (χ4n) is 5.16. The van der Waals surface area contributed by atoms with E-state index in [1.165, 1.54) is 24.8 Å². The molecular weight excluding hydrogens is 510 g/mol. The van der Waals surface area contributed by atoms with E-state index in [9.17, 15) is 0 Å². The Balaban J connectivity index is 0.00000160. The molecule has 4 heteroatoms. The number of fused-ring (bicyclic) bond motifs is 10. The van der Waals surface area contributed by atoms with E-state index < -0.39 is 0 Å². The summed E-state index contributed by atoms with van der Waals surface area (Å²) in [5.41, 5.74) is 7.34. The van der Waals surface area contributed by atoms with E-state index in [0.29, 0.717) is 0 Å². The molecule has 2 unspecified atom stereocenters. The molecule has 0 saturated heterocycles. The van der Waals surface area contributed by atoms with Gasteiger partial charge in [-0.25, -0.2) is 0 Å². The first-order valence-corrected chi connectivity index (χ1v) is 9.67. The first-order chi connectivity index (χ1) is 12.5. The Morgan fingerprint density at radius 3 is 2.52 bits per heavy atom. The molecule has 2 aromatic heterocycles. The summed E-state index contributed by atoms with van der Waals surface area (Å²) >= 11 is 0. The molecule has 1 radical (unpaired) electrons. The van der Waals surface area contributed by atoms with Crippen LogP contribution in [0.25, 0.3) is 27.6 Å². The molecule has 2 heterocycles. The smallest absolute Gasteiger partial charge is 0.102 e. The van der Waals surface area contributed by atoms with Gasteiger partial charge in [0, 0.05) is 25.5 Å². The second-order valence-corrected chi connectivity index (χ2v) is 9.06. The standard InChI is InChI=1S/C23H22N3.Ir/c1-23(2,3)22-25-18-7-5-4-6-15(18)21-24-19-11-16-13-8-9-14(10-13)17(16)12-20(19)26(21)22;/h4-5,7,11-14H,8-10H2,1-3H3;/q-1;. The fraction of sp³-hybridized carbons (Fsp3) is 0.391. The zero-order valence-corrected chi connectivity index (χ0v) is 18.2. The van der Waals surface area contributed by atoms with Crippen molar-refractivity contribution in [1.29, 1.82) is 0 Å². The Labute approximate surface area is 172 Å². The zero-order chi connectivity index (χ0) is 17.6. The Kier molecular flexibility index (Phi) is 3.61. The minimum atomic E-state index is -0.0616. The molecule has 2 aliphatic carbocycles. The predicted molar refractivity (Wildman–Crippen MR) is 105 cm³/mol. The van der Waals surface area contributed by atoms with Gasteiger partial charge in [-0.15, -0.1) is 24.3 Å². The Hall–Kier alpha value is -1.77. The van der Waals surface area contributed by atoms with E-state index in [1.807, 2.05) is 12.1 Å². The van der Waals surface area contributed by atoms with Gasteiger partial charge in [-0.3, -0.25) is 9.97 Å². The van der Waals surface area contributed by atoms with Crippen LogP contribution in [0.4, 0.5) is 0 Å². The topological polar surface area (TPSA) is 30.2 Å². The summed E-state index contributed by atoms with van der Waals surface area (Å²) < 4.78 is 2.29. The fourth-order valence-corrected chi connectivity index (χ4v) is 5.16. The van der Waals surface area contributed by atoms with Crippen LogP contribution in [0.2, 0.25) is 0 Å². The van der Waals surface area contributed by atoms with Crippen molar-refractivity contribution in [3.63, 3.8) is 0 Å². The van der Waals surface area contributed by atoms with Crippen LogP contribution in [0.3, 0.4) is 0 Å². The van der Waals surface area contributed by atoms with Crippen LogP contribution in [0.15, 0.2) is 30.3 Å². The van der Waals surface area contributed by atoms with Crippen LogP contribution >= 0.6 is 0 Å². The van der Waals surface area contributed by atoms with Crippen LogP contribution in [-0.4, -0.2) is 14.4 Å². The normalized spacial score (nSPS) is 21.1. The monoisotopic (exact) mass is 533 g/mol. The molecule has 2 aromatic carbocycles. The van der Waals surface area contributed by atoms with Crippen LogP contribution in [0, 0.1) is 6.07 Å². The first-order valence-electron chi connectivity index (χ1n) is 9.67. The quantitative estimate of drug-likeness (QED) is 0.280. The summed E-state index contributed by atoms with van der Waals surface area (Å²) in [4.78, 5) is 10.1. The molecule has 6 rings (SSSR count). The average Bonchev–Trinajstić information content (AvgIpc) is 3.31. The summed E-state index contributed by atoms with van der Waals surface area (Å²) in [5.74, 6) is 2.58. The number of benzene rings is 2. The number of rotatable bonds is 0. The van der Waals surface area contributed by atoms with Crippen LogP contribution in [-0.2, 0) is 25.5 Å². The number of imidazole rings is 1. The van der Waals surface area contributed by atoms with Crippen molar-refractivity contribution in [1.82, 2.24) is 14.4 Å². The molecule has 0 N–H and O–H groups in total. The summed E-state index contributed by atoms with van der Waals surface area (Å²) in [6.07, 6.45) is 4.04. The Bertz CT molecular complexity index is 1220. The van der Waals surface area contributed by atoms with Crippen molar-refractivity contribution < 1.29 is 20.1 Å². The SMILES string of the molecule is CC(C)(C)c1nc2ccc[c-]c2c2nc3cc4c(cc3n12)C1CCC4C1.[Ir]. The van der Waals surface area contributed by atoms with Gasteiger partial charge in [-0.05, 0) is 59.9 Å². The molecule has 139 valence electrons. The van der Waals surface area contributed by atoms with Gasteiger partial charge < -0.3 is 4.40 Å². The second-order valence-electron chi connectivity index (χ2n) is 9.06. The maximum Gasteiger partial charge on any atom is 0.102 e. The summed E-state index contributed by atoms with van der Waals surface area (Å²) in [6, 6.07) is 14.2. The van der Waals surface area contributed by atoms with E-state index in [0.717, 1.165) is 39.7 Å². The van der Waals surface area contributed by atoms with E-state index in [1.54, 1.807) is 11.1 Å². The average molecular weight is 533 g/mol. The molecule has 2 bridgehead atoms. The molecule has 2 aliphatic rings. The van der Waals surface area contributed by atoms with Crippen molar-refractivity contribution in [3.05, 3.63) is 53.3 Å². The van der Waals surface area contributed by atoms with E-state index in [2.05, 4.69) is 49.4 Å². The molecule has 1 saturated carbocycles. The molecule has 3 nitrogen and oxygen atoms in total. The number of aromatic nitrogens is 3. The van der Waals surface area contributed by atoms with E-state index in [4.69, 9.17) is 9.97 Å². The third-order valence-electron chi connectivity index (χ3n) is 6.34. The Morgan fingerprint density at radius 1 is 1.04 bits per heavy atom. The summed E-state index contributed by atoms with van der Waals surface area (Å²) in [6.45, 7) is 6.69. The molecule has 2 atom stereocenters. The van der Waals surface area contributed by atoms with Crippen LogP contribution < -0.4 is 0 Å². The second kappa shape index (κ2) is 5.62. The van der Waals surface area contributed by atoms with E-state index in [-0.39, 0.29) is 25.5 Å². The Morgan fingerprint density at radius 2 is 1.78 bits per heavy atom. The molecular formula is C23H22IrN3-. The minimum absolute atomic E-state index is 0. The van der Waals surface area contributed by atoms with Gasteiger partial charge >= 0.3 is 0 Å². The number of hydrogen-bond donors (Lipinski definition) is 0. The van der Waals surface area contributed by atoms with Gasteiger partial charge in [0.1, 0.15) is 5.82 Å². The number of hydrogen-bond acceptors (Lipinski definition) is 2. The zero-order valence-electron chi connectivity index (χ0n) is 15.8. The van der Waals surface area contributed by atoms with Crippen molar-refractivity contribution in [2.24, 2.45) is 0 Å². The van der Waals surface area contributed by atoms with Gasteiger partial charge in [0.25, 0.3) is 0 Å². The molecule has 0 amide bonds. The maximum absolute atomic E-state index is 5.07. The molecule has 0 spiro atoms. The van der Waals surface area contributed by atoms with Crippen molar-refractivity contribution >= 4 is 27.6 Å². The third kappa shape index (κ3) is 2.29. The summed E-state index contributed by atoms with van der Waals surface area (Å²) in [7, 11) is 0. The van der Waals surface area contributed by atoms with E-state index >= 15 is 0 Å². The predicted octanol–water partition coefficient (Wildman–Crippen LogP) is 5.50. The van der Waals surface area contributed by atoms with Crippen LogP contribution in [0.1, 0.15) is 68.8 Å². The molecule has 27 heavy (non-hydrogen) atoms. The van der Waals surface area contributed by atoms with Gasteiger partial charge in [-0.1, -0.05) is 26.2 Å². The van der Waals surface area contributed by atoms with Crippen molar-refractivity contribution in [2.75, 3.05) is 0 Å². The van der Waals surface area contributed by atoms with Crippen LogP contribution in [0.5, 0.6) is 0 Å². The number of nitrogens with zero attached hydrogens (tertiary/aromatic N) is 3.